The Hall–Kier alpha value is -1.64. The van der Waals surface area contributed by atoms with Crippen LogP contribution in [0.25, 0.3) is 0 Å². The quantitative estimate of drug-likeness (QED) is 0.684. The second-order valence-corrected chi connectivity index (χ2v) is 7.34. The minimum absolute atomic E-state index is 0.143. The molecule has 0 bridgehead atoms. The topological polar surface area (TPSA) is 79.0 Å². The molecule has 8 heteroatoms. The normalized spacial score (nSPS) is 11.5. The molecule has 1 N–H and O–H groups in total. The van der Waals surface area contributed by atoms with Gasteiger partial charge in [-0.25, -0.2) is 8.42 Å². The van der Waals surface area contributed by atoms with Crippen molar-refractivity contribution in [2.75, 3.05) is 56.4 Å². The number of benzene rings is 1. The zero-order valence-electron chi connectivity index (χ0n) is 14.8. The summed E-state index contributed by atoms with van der Waals surface area (Å²) >= 11 is 0. The highest BCUT2D eigenvalue weighted by atomic mass is 32.2. The number of sulfonamides is 1. The third-order valence-corrected chi connectivity index (χ3v) is 4.86. The molecular weight excluding hydrogens is 330 g/mol. The molecular formula is C16H27N3O4S. The molecule has 1 amide bonds. The molecule has 0 aliphatic carbocycles. The van der Waals surface area contributed by atoms with Gasteiger partial charge in [-0.2, -0.15) is 4.31 Å². The van der Waals surface area contributed by atoms with E-state index in [9.17, 15) is 13.2 Å². The van der Waals surface area contributed by atoms with Gasteiger partial charge in [0.15, 0.2) is 0 Å². The Labute approximate surface area is 144 Å². The van der Waals surface area contributed by atoms with Crippen LogP contribution in [0, 0.1) is 0 Å². The van der Waals surface area contributed by atoms with Crippen LogP contribution < -0.4 is 10.2 Å². The monoisotopic (exact) mass is 357 g/mol. The van der Waals surface area contributed by atoms with Crippen molar-refractivity contribution in [3.8, 4) is 0 Å². The lowest BCUT2D eigenvalue weighted by Crippen LogP contribution is -2.39. The Bertz CT molecular complexity index is 613. The maximum absolute atomic E-state index is 12.1. The number of nitrogens with zero attached hydrogens (tertiary/aromatic N) is 2. The van der Waals surface area contributed by atoms with E-state index in [-0.39, 0.29) is 25.6 Å². The molecule has 0 spiro atoms. The van der Waals surface area contributed by atoms with Crippen molar-refractivity contribution in [2.24, 2.45) is 0 Å². The summed E-state index contributed by atoms with van der Waals surface area (Å²) < 4.78 is 29.4. The van der Waals surface area contributed by atoms with Gasteiger partial charge in [-0.3, -0.25) is 4.79 Å². The number of methoxy groups -OCH3 is 1. The summed E-state index contributed by atoms with van der Waals surface area (Å²) in [5.74, 6) is -0.382. The van der Waals surface area contributed by atoms with Crippen LogP contribution >= 0.6 is 0 Å². The van der Waals surface area contributed by atoms with Gasteiger partial charge in [0.1, 0.15) is 0 Å². The van der Waals surface area contributed by atoms with Crippen molar-refractivity contribution < 1.29 is 17.9 Å². The van der Waals surface area contributed by atoms with Crippen molar-refractivity contribution in [3.05, 3.63) is 24.3 Å². The Morgan fingerprint density at radius 1 is 1.17 bits per heavy atom. The summed E-state index contributed by atoms with van der Waals surface area (Å²) in [7, 11) is -1.98. The summed E-state index contributed by atoms with van der Waals surface area (Å²) in [5.41, 5.74) is 1.71. The van der Waals surface area contributed by atoms with Crippen LogP contribution in [-0.2, 0) is 19.6 Å². The Morgan fingerprint density at radius 2 is 1.75 bits per heavy atom. The smallest absolute Gasteiger partial charge is 0.239 e. The molecule has 24 heavy (non-hydrogen) atoms. The van der Waals surface area contributed by atoms with E-state index in [0.717, 1.165) is 29.3 Å². The highest BCUT2D eigenvalue weighted by molar-refractivity contribution is 7.88. The first-order valence-corrected chi connectivity index (χ1v) is 9.75. The second-order valence-electron chi connectivity index (χ2n) is 5.36. The average Bonchev–Trinajstić information content (AvgIpc) is 2.53. The summed E-state index contributed by atoms with van der Waals surface area (Å²) in [6, 6.07) is 7.49. The predicted octanol–water partition coefficient (Wildman–Crippen LogP) is 1.38. The maximum Gasteiger partial charge on any atom is 0.239 e. The Morgan fingerprint density at radius 3 is 2.21 bits per heavy atom. The fourth-order valence-electron chi connectivity index (χ4n) is 2.26. The molecule has 1 aromatic rings. The van der Waals surface area contributed by atoms with E-state index in [2.05, 4.69) is 24.1 Å². The van der Waals surface area contributed by atoms with E-state index >= 15 is 0 Å². The second kappa shape index (κ2) is 9.61. The van der Waals surface area contributed by atoms with Crippen LogP contribution in [-0.4, -0.2) is 64.8 Å². The molecule has 0 heterocycles. The van der Waals surface area contributed by atoms with E-state index in [1.807, 2.05) is 24.3 Å². The number of carbonyl (C=O) groups is 1. The van der Waals surface area contributed by atoms with Gasteiger partial charge in [0.25, 0.3) is 0 Å². The van der Waals surface area contributed by atoms with Crippen molar-refractivity contribution in [2.45, 2.75) is 13.8 Å². The van der Waals surface area contributed by atoms with Crippen LogP contribution in [0.15, 0.2) is 24.3 Å². The number of ether oxygens (including phenoxy) is 1. The molecule has 1 aromatic carbocycles. The lowest BCUT2D eigenvalue weighted by Gasteiger charge is -2.21. The largest absolute Gasteiger partial charge is 0.383 e. The first-order chi connectivity index (χ1) is 11.3. The molecule has 0 radical (unpaired) electrons. The van der Waals surface area contributed by atoms with E-state index in [1.165, 1.54) is 7.11 Å². The van der Waals surface area contributed by atoms with Gasteiger partial charge in [-0.15, -0.1) is 0 Å². The van der Waals surface area contributed by atoms with Crippen LogP contribution in [0.1, 0.15) is 13.8 Å². The lowest BCUT2D eigenvalue weighted by atomic mass is 10.2. The molecule has 0 saturated heterocycles. The van der Waals surface area contributed by atoms with E-state index in [4.69, 9.17) is 4.74 Å². The summed E-state index contributed by atoms with van der Waals surface area (Å²) in [4.78, 5) is 14.3. The number of anilines is 2. The Balaban J connectivity index is 2.69. The van der Waals surface area contributed by atoms with Crippen molar-refractivity contribution in [3.63, 3.8) is 0 Å². The lowest BCUT2D eigenvalue weighted by molar-refractivity contribution is -0.116. The molecule has 0 aliphatic heterocycles. The number of carbonyl (C=O) groups excluding carboxylic acids is 1. The molecule has 7 nitrogen and oxygen atoms in total. The number of hydrogen-bond donors (Lipinski definition) is 1. The zero-order valence-corrected chi connectivity index (χ0v) is 15.6. The van der Waals surface area contributed by atoms with Gasteiger partial charge in [-0.1, -0.05) is 0 Å². The van der Waals surface area contributed by atoms with Gasteiger partial charge in [-0.05, 0) is 38.1 Å². The third-order valence-electron chi connectivity index (χ3n) is 3.61. The van der Waals surface area contributed by atoms with Gasteiger partial charge < -0.3 is 15.0 Å². The van der Waals surface area contributed by atoms with E-state index in [0.29, 0.717) is 5.69 Å². The fourth-order valence-corrected chi connectivity index (χ4v) is 3.02. The molecule has 0 aromatic heterocycles. The van der Waals surface area contributed by atoms with Gasteiger partial charge in [0.2, 0.25) is 15.9 Å². The molecule has 136 valence electrons. The summed E-state index contributed by atoms with van der Waals surface area (Å²) in [5, 5.41) is 2.72. The van der Waals surface area contributed by atoms with Crippen molar-refractivity contribution in [1.29, 1.82) is 0 Å². The molecule has 1 rings (SSSR count). The zero-order chi connectivity index (χ0) is 18.2. The summed E-state index contributed by atoms with van der Waals surface area (Å²) in [6.45, 7) is 6.12. The molecule has 0 saturated carbocycles. The molecule has 0 atom stereocenters. The van der Waals surface area contributed by atoms with Gasteiger partial charge in [0, 0.05) is 38.1 Å². The molecule has 0 aliphatic rings. The van der Waals surface area contributed by atoms with Gasteiger partial charge in [0.05, 0.1) is 19.4 Å². The van der Waals surface area contributed by atoms with Crippen LogP contribution in [0.4, 0.5) is 11.4 Å². The first-order valence-electron chi connectivity index (χ1n) is 7.90. The number of hydrogen-bond acceptors (Lipinski definition) is 5. The van der Waals surface area contributed by atoms with Gasteiger partial charge >= 0.3 is 0 Å². The predicted molar refractivity (Wildman–Crippen MR) is 96.9 cm³/mol. The number of nitrogens with one attached hydrogen (secondary N) is 1. The van der Waals surface area contributed by atoms with Crippen LogP contribution in [0.2, 0.25) is 0 Å². The highest BCUT2D eigenvalue weighted by Gasteiger charge is 2.19. The van der Waals surface area contributed by atoms with Crippen molar-refractivity contribution >= 4 is 27.3 Å². The minimum atomic E-state index is -3.46. The molecule has 0 unspecified atom stereocenters. The fraction of sp³-hybridized carbons (Fsp3) is 0.562. The third kappa shape index (κ3) is 6.46. The standard InChI is InChI=1S/C16H27N3O4S/c1-5-18(6-2)15-9-7-14(8-10-15)17-16(20)13-19(11-12-23-3)24(4,21)22/h7-10H,5-6,11-13H2,1-4H3,(H,17,20). The van der Waals surface area contributed by atoms with Crippen LogP contribution in [0.3, 0.4) is 0 Å². The molecule has 0 fully saturated rings. The Kier molecular flexibility index (Phi) is 8.17. The number of amides is 1. The van der Waals surface area contributed by atoms with E-state index < -0.39 is 10.0 Å². The minimum Gasteiger partial charge on any atom is -0.383 e. The van der Waals surface area contributed by atoms with E-state index in [1.54, 1.807) is 0 Å². The number of rotatable bonds is 10. The van der Waals surface area contributed by atoms with Crippen molar-refractivity contribution in [1.82, 2.24) is 4.31 Å². The highest BCUT2D eigenvalue weighted by Crippen LogP contribution is 2.17. The summed E-state index contributed by atoms with van der Waals surface area (Å²) in [6.07, 6.45) is 1.08. The first kappa shape index (κ1) is 20.4. The maximum atomic E-state index is 12.1. The SMILES string of the molecule is CCN(CC)c1ccc(NC(=O)CN(CCOC)S(C)(=O)=O)cc1. The average molecular weight is 357 g/mol. The van der Waals surface area contributed by atoms with Crippen LogP contribution in [0.5, 0.6) is 0 Å².